The fraction of sp³-hybridized carbons (Fsp3) is 0.389. The van der Waals surface area contributed by atoms with Gasteiger partial charge < -0.3 is 15.2 Å². The number of likely N-dealkylation sites (tertiary alicyclic amines) is 1. The standard InChI is InChI=1S/C18H21BrN4O3.Na/c19-14-11-20-18(21-12-14)22-15-1-3-16(4-2-15)26-10-9-23-7-5-13(6-8-23)17(24)25;/h1-4,11-13H,5-10H2,(H,24,25)(H,20,21,22);. The number of halogens is 1. The van der Waals surface area contributed by atoms with E-state index >= 15 is 0 Å². The number of anilines is 2. The molecule has 0 spiro atoms. The van der Waals surface area contributed by atoms with Crippen LogP contribution >= 0.6 is 15.9 Å². The van der Waals surface area contributed by atoms with Crippen molar-refractivity contribution in [3.8, 4) is 5.75 Å². The zero-order chi connectivity index (χ0) is 18.4. The first-order chi connectivity index (χ1) is 12.6. The van der Waals surface area contributed by atoms with Gasteiger partial charge in [-0.2, -0.15) is 0 Å². The van der Waals surface area contributed by atoms with Crippen molar-refractivity contribution in [1.29, 1.82) is 0 Å². The summed E-state index contributed by atoms with van der Waals surface area (Å²) in [5.41, 5.74) is 0.885. The molecule has 2 aromatic rings. The summed E-state index contributed by atoms with van der Waals surface area (Å²) < 4.78 is 6.61. The molecule has 7 nitrogen and oxygen atoms in total. The van der Waals surface area contributed by atoms with Crippen molar-refractivity contribution in [2.75, 3.05) is 31.6 Å². The fourth-order valence-corrected chi connectivity index (χ4v) is 3.04. The van der Waals surface area contributed by atoms with Gasteiger partial charge in [0.25, 0.3) is 0 Å². The molecule has 1 aliphatic rings. The number of aromatic nitrogens is 2. The Balaban J connectivity index is 0.00000261. The number of piperidine rings is 1. The van der Waals surface area contributed by atoms with Gasteiger partial charge in [-0.25, -0.2) is 9.97 Å². The van der Waals surface area contributed by atoms with Crippen LogP contribution in [0.25, 0.3) is 0 Å². The summed E-state index contributed by atoms with van der Waals surface area (Å²) in [6, 6.07) is 7.63. The molecule has 2 heterocycles. The van der Waals surface area contributed by atoms with Crippen LogP contribution in [0.2, 0.25) is 0 Å². The van der Waals surface area contributed by atoms with Gasteiger partial charge in [-0.3, -0.25) is 9.69 Å². The van der Waals surface area contributed by atoms with Crippen LogP contribution in [0.5, 0.6) is 5.75 Å². The molecule has 0 saturated carbocycles. The summed E-state index contributed by atoms with van der Waals surface area (Å²) in [5.74, 6) is 0.462. The average molecular weight is 444 g/mol. The normalized spacial score (nSPS) is 15.0. The number of carbonyl (C=O) groups is 1. The SMILES string of the molecule is O=C(O)C1CCN(CCOc2ccc(Nc3ncc(Br)cn3)cc2)CC1.[Na]. The van der Waals surface area contributed by atoms with Crippen LogP contribution in [0.3, 0.4) is 0 Å². The quantitative estimate of drug-likeness (QED) is 0.636. The number of nitrogens with zero attached hydrogens (tertiary/aromatic N) is 3. The molecule has 0 amide bonds. The van der Waals surface area contributed by atoms with E-state index in [1.165, 1.54) is 0 Å². The van der Waals surface area contributed by atoms with Gasteiger partial charge in [-0.05, 0) is 66.1 Å². The summed E-state index contributed by atoms with van der Waals surface area (Å²) in [6.07, 6.45) is 4.81. The summed E-state index contributed by atoms with van der Waals surface area (Å²) in [4.78, 5) is 21.6. The van der Waals surface area contributed by atoms with Crippen LogP contribution in [-0.2, 0) is 4.79 Å². The Bertz CT molecular complexity index is 722. The molecule has 1 aromatic carbocycles. The second-order valence-corrected chi connectivity index (χ2v) is 7.09. The van der Waals surface area contributed by atoms with Crippen LogP contribution in [-0.4, -0.2) is 81.7 Å². The van der Waals surface area contributed by atoms with E-state index in [1.54, 1.807) is 12.4 Å². The Kier molecular flexibility index (Phi) is 8.98. The molecule has 1 radical (unpaired) electrons. The maximum atomic E-state index is 11.0. The van der Waals surface area contributed by atoms with Crippen LogP contribution in [0.1, 0.15) is 12.8 Å². The number of hydrogen-bond donors (Lipinski definition) is 2. The zero-order valence-electron chi connectivity index (χ0n) is 15.3. The van der Waals surface area contributed by atoms with Gasteiger partial charge in [0.2, 0.25) is 5.95 Å². The molecular formula is C18H21BrN4NaO3. The first-order valence-electron chi connectivity index (χ1n) is 8.53. The predicted molar refractivity (Wildman–Crippen MR) is 108 cm³/mol. The van der Waals surface area contributed by atoms with Crippen molar-refractivity contribution in [2.45, 2.75) is 12.8 Å². The summed E-state index contributed by atoms with van der Waals surface area (Å²) >= 11 is 3.30. The second-order valence-electron chi connectivity index (χ2n) is 6.18. The van der Waals surface area contributed by atoms with Crippen molar-refractivity contribution in [3.05, 3.63) is 41.1 Å². The number of benzene rings is 1. The Hall–Kier alpha value is -1.19. The minimum atomic E-state index is -0.678. The van der Waals surface area contributed by atoms with E-state index in [-0.39, 0.29) is 35.5 Å². The molecule has 0 bridgehead atoms. The monoisotopic (exact) mass is 443 g/mol. The second kappa shape index (κ2) is 11.0. The van der Waals surface area contributed by atoms with E-state index < -0.39 is 5.97 Å². The Morgan fingerprint density at radius 2 is 1.85 bits per heavy atom. The largest absolute Gasteiger partial charge is 0.492 e. The van der Waals surface area contributed by atoms with E-state index in [0.29, 0.717) is 25.4 Å². The van der Waals surface area contributed by atoms with Gasteiger partial charge in [0.1, 0.15) is 12.4 Å². The molecule has 0 atom stereocenters. The molecule has 0 unspecified atom stereocenters. The number of rotatable bonds is 7. The van der Waals surface area contributed by atoms with E-state index in [1.807, 2.05) is 24.3 Å². The predicted octanol–water partition coefficient (Wildman–Crippen LogP) is 2.78. The van der Waals surface area contributed by atoms with Crippen molar-refractivity contribution in [3.63, 3.8) is 0 Å². The van der Waals surface area contributed by atoms with E-state index in [9.17, 15) is 4.79 Å². The summed E-state index contributed by atoms with van der Waals surface area (Å²) in [5, 5.41) is 12.1. The molecule has 27 heavy (non-hydrogen) atoms. The third-order valence-corrected chi connectivity index (χ3v) is 4.75. The molecule has 1 saturated heterocycles. The Morgan fingerprint density at radius 1 is 1.22 bits per heavy atom. The van der Waals surface area contributed by atoms with Crippen LogP contribution in [0, 0.1) is 5.92 Å². The van der Waals surface area contributed by atoms with E-state index in [0.717, 1.165) is 35.5 Å². The van der Waals surface area contributed by atoms with Gasteiger partial charge in [0, 0.05) is 54.2 Å². The van der Waals surface area contributed by atoms with Crippen molar-refractivity contribution in [1.82, 2.24) is 14.9 Å². The number of hydrogen-bond acceptors (Lipinski definition) is 6. The van der Waals surface area contributed by atoms with Crippen molar-refractivity contribution >= 4 is 63.1 Å². The molecule has 1 fully saturated rings. The number of carboxylic acids is 1. The Labute approximate surface area is 189 Å². The summed E-state index contributed by atoms with van der Waals surface area (Å²) in [7, 11) is 0. The van der Waals surface area contributed by atoms with Crippen LogP contribution in [0.4, 0.5) is 11.6 Å². The summed E-state index contributed by atoms with van der Waals surface area (Å²) in [6.45, 7) is 3.02. The fourth-order valence-electron chi connectivity index (χ4n) is 2.84. The van der Waals surface area contributed by atoms with E-state index in [2.05, 4.69) is 36.1 Å². The van der Waals surface area contributed by atoms with Gasteiger partial charge >= 0.3 is 5.97 Å². The topological polar surface area (TPSA) is 87.6 Å². The minimum Gasteiger partial charge on any atom is -0.492 e. The van der Waals surface area contributed by atoms with Gasteiger partial charge in [-0.1, -0.05) is 0 Å². The first kappa shape index (κ1) is 22.1. The maximum absolute atomic E-state index is 11.0. The van der Waals surface area contributed by atoms with Crippen LogP contribution < -0.4 is 10.1 Å². The molecule has 1 aliphatic heterocycles. The molecule has 139 valence electrons. The third-order valence-electron chi connectivity index (χ3n) is 4.34. The van der Waals surface area contributed by atoms with E-state index in [4.69, 9.17) is 9.84 Å². The van der Waals surface area contributed by atoms with Crippen molar-refractivity contribution < 1.29 is 14.6 Å². The Morgan fingerprint density at radius 3 is 2.44 bits per heavy atom. The number of ether oxygens (including phenoxy) is 1. The molecule has 9 heteroatoms. The maximum Gasteiger partial charge on any atom is 0.306 e. The third kappa shape index (κ3) is 7.04. The minimum absolute atomic E-state index is 0. The van der Waals surface area contributed by atoms with Gasteiger partial charge in [-0.15, -0.1) is 0 Å². The first-order valence-corrected chi connectivity index (χ1v) is 9.32. The number of nitrogens with one attached hydrogen (secondary N) is 1. The average Bonchev–Trinajstić information content (AvgIpc) is 2.65. The smallest absolute Gasteiger partial charge is 0.306 e. The zero-order valence-corrected chi connectivity index (χ0v) is 18.9. The molecule has 3 rings (SSSR count). The van der Waals surface area contributed by atoms with Gasteiger partial charge in [0.05, 0.1) is 10.4 Å². The molecular weight excluding hydrogens is 423 g/mol. The number of aliphatic carboxylic acids is 1. The molecule has 1 aromatic heterocycles. The number of carboxylic acid groups (broad SMARTS) is 1. The molecule has 2 N–H and O–H groups in total. The molecule has 0 aliphatic carbocycles. The van der Waals surface area contributed by atoms with Crippen LogP contribution in [0.15, 0.2) is 41.1 Å². The van der Waals surface area contributed by atoms with Crippen molar-refractivity contribution in [2.24, 2.45) is 5.92 Å². The van der Waals surface area contributed by atoms with Gasteiger partial charge in [0.15, 0.2) is 0 Å².